The summed E-state index contributed by atoms with van der Waals surface area (Å²) in [5.41, 5.74) is 3.21. The van der Waals surface area contributed by atoms with Crippen molar-refractivity contribution in [3.63, 3.8) is 0 Å². The summed E-state index contributed by atoms with van der Waals surface area (Å²) >= 11 is 0. The second kappa shape index (κ2) is 8.76. The number of imide groups is 1. The Kier molecular flexibility index (Phi) is 5.61. The second-order valence-electron chi connectivity index (χ2n) is 13.4. The van der Waals surface area contributed by atoms with Crippen LogP contribution >= 0.6 is 0 Å². The van der Waals surface area contributed by atoms with Gasteiger partial charge < -0.3 is 10.1 Å². The molecular weight excluding hydrogens is 486 g/mol. The number of pyridine rings is 1. The van der Waals surface area contributed by atoms with Crippen molar-refractivity contribution >= 4 is 22.7 Å². The van der Waals surface area contributed by atoms with Crippen molar-refractivity contribution in [3.8, 4) is 0 Å². The molecule has 0 radical (unpaired) electrons. The van der Waals surface area contributed by atoms with Crippen LogP contribution in [0.15, 0.2) is 60.0 Å². The van der Waals surface area contributed by atoms with E-state index in [0.717, 1.165) is 32.1 Å². The Balaban J connectivity index is 1.11. The van der Waals surface area contributed by atoms with Gasteiger partial charge in [-0.3, -0.25) is 14.7 Å². The maximum atomic E-state index is 13.0. The van der Waals surface area contributed by atoms with Crippen molar-refractivity contribution in [1.82, 2.24) is 15.2 Å². The van der Waals surface area contributed by atoms with Crippen molar-refractivity contribution < 1.29 is 14.3 Å². The van der Waals surface area contributed by atoms with Gasteiger partial charge in [-0.15, -0.1) is 0 Å². The highest BCUT2D eigenvalue weighted by molar-refractivity contribution is 6.06. The van der Waals surface area contributed by atoms with E-state index in [1.807, 2.05) is 12.4 Å². The minimum atomic E-state index is -0.829. The summed E-state index contributed by atoms with van der Waals surface area (Å²) in [5.74, 6) is 0.428. The van der Waals surface area contributed by atoms with Crippen LogP contribution < -0.4 is 5.32 Å². The van der Waals surface area contributed by atoms with E-state index in [2.05, 4.69) is 53.6 Å². The van der Waals surface area contributed by atoms with Crippen LogP contribution in [0, 0.1) is 5.41 Å². The van der Waals surface area contributed by atoms with Crippen molar-refractivity contribution in [3.05, 3.63) is 65.5 Å². The van der Waals surface area contributed by atoms with E-state index < -0.39 is 5.54 Å². The molecule has 5 unspecified atom stereocenters. The summed E-state index contributed by atoms with van der Waals surface area (Å²) in [4.78, 5) is 31.5. The van der Waals surface area contributed by atoms with Crippen LogP contribution in [-0.4, -0.2) is 45.1 Å². The van der Waals surface area contributed by atoms with Gasteiger partial charge in [0.25, 0.3) is 5.91 Å². The first-order valence-corrected chi connectivity index (χ1v) is 14.8. The van der Waals surface area contributed by atoms with Crippen LogP contribution in [0.3, 0.4) is 0 Å². The molecule has 39 heavy (non-hydrogen) atoms. The highest BCUT2D eigenvalue weighted by atomic mass is 16.5. The third kappa shape index (κ3) is 3.97. The van der Waals surface area contributed by atoms with Gasteiger partial charge in [-0.25, -0.2) is 4.79 Å². The van der Waals surface area contributed by atoms with Gasteiger partial charge in [0.05, 0.1) is 11.7 Å². The number of carbonyl (C=O) groups excluding carboxylic acids is 2. The molecule has 4 fully saturated rings. The molecule has 6 heteroatoms. The van der Waals surface area contributed by atoms with E-state index in [4.69, 9.17) is 4.74 Å². The van der Waals surface area contributed by atoms with Crippen LogP contribution in [0.2, 0.25) is 0 Å². The molecule has 1 aromatic carbocycles. The first-order chi connectivity index (χ1) is 18.7. The fourth-order valence-corrected chi connectivity index (χ4v) is 8.27. The van der Waals surface area contributed by atoms with E-state index in [9.17, 15) is 9.59 Å². The highest BCUT2D eigenvalue weighted by Gasteiger charge is 2.55. The Hall–Kier alpha value is -2.99. The van der Waals surface area contributed by atoms with Crippen molar-refractivity contribution in [2.45, 2.75) is 108 Å². The smallest absolute Gasteiger partial charge is 0.325 e. The van der Waals surface area contributed by atoms with Crippen LogP contribution in [0.4, 0.5) is 4.79 Å². The van der Waals surface area contributed by atoms with Gasteiger partial charge in [0.2, 0.25) is 0 Å². The molecule has 2 aromatic rings. The zero-order valence-corrected chi connectivity index (χ0v) is 23.3. The molecule has 2 aliphatic carbocycles. The molecule has 1 spiro atoms. The fraction of sp³-hybridized carbons (Fsp3) is 0.545. The Morgan fingerprint density at radius 1 is 1.10 bits per heavy atom. The van der Waals surface area contributed by atoms with Crippen molar-refractivity contribution in [2.24, 2.45) is 5.41 Å². The molecule has 5 atom stereocenters. The first-order valence-electron chi connectivity index (χ1n) is 14.8. The maximum absolute atomic E-state index is 13.0. The number of carbonyl (C=O) groups is 2. The van der Waals surface area contributed by atoms with Gasteiger partial charge in [0, 0.05) is 30.2 Å². The topological polar surface area (TPSA) is 71.5 Å². The molecule has 6 nitrogen and oxygen atoms in total. The van der Waals surface area contributed by atoms with Gasteiger partial charge in [0.1, 0.15) is 5.54 Å². The van der Waals surface area contributed by atoms with E-state index in [0.29, 0.717) is 12.3 Å². The SMILES string of the molecule is CC1(C)NC(=O)N(C2CCC3=CC(=CCC4(C)CCCC4c4ccc5ccncc5c4)C4CCC3(C2)O4)C1=O. The van der Waals surface area contributed by atoms with Crippen molar-refractivity contribution in [2.75, 3.05) is 0 Å². The molecule has 2 saturated carbocycles. The summed E-state index contributed by atoms with van der Waals surface area (Å²) in [6.07, 6.45) is 18.0. The van der Waals surface area contributed by atoms with Gasteiger partial charge in [-0.05, 0) is 104 Å². The van der Waals surface area contributed by atoms with Gasteiger partial charge in [0.15, 0.2) is 0 Å². The predicted octanol–water partition coefficient (Wildman–Crippen LogP) is 6.57. The minimum absolute atomic E-state index is 0.101. The molecule has 2 saturated heterocycles. The molecular formula is C33H39N3O3. The Morgan fingerprint density at radius 2 is 1.97 bits per heavy atom. The Labute approximate surface area is 230 Å². The van der Waals surface area contributed by atoms with Gasteiger partial charge >= 0.3 is 6.03 Å². The van der Waals surface area contributed by atoms with E-state index in [1.165, 1.54) is 51.6 Å². The number of allylic oxidation sites excluding steroid dienone is 1. The predicted molar refractivity (Wildman–Crippen MR) is 151 cm³/mol. The number of urea groups is 1. The average molecular weight is 526 g/mol. The quantitative estimate of drug-likeness (QED) is 0.459. The molecule has 1 N–H and O–H groups in total. The standard InChI is InChI=1S/C33H39N3O3/c1-31(2)29(37)36(30(38)35-31)26-9-8-25-18-23(28-11-15-33(25,19-26)39-28)10-14-32(3)13-4-5-27(32)22-7-6-21-12-16-34-20-24(21)17-22/h6-7,10,12,16-18,20,26-28H,4-5,8-9,11,13-15,19H2,1-3H3,(H,35,38). The number of ether oxygens (including phenoxy) is 1. The lowest BCUT2D eigenvalue weighted by atomic mass is 9.72. The monoisotopic (exact) mass is 525 g/mol. The van der Waals surface area contributed by atoms with E-state index in [-0.39, 0.29) is 35.1 Å². The first kappa shape index (κ1) is 25.0. The molecule has 204 valence electrons. The van der Waals surface area contributed by atoms with Gasteiger partial charge in [-0.2, -0.15) is 0 Å². The van der Waals surface area contributed by atoms with Crippen molar-refractivity contribution in [1.29, 1.82) is 0 Å². The summed E-state index contributed by atoms with van der Waals surface area (Å²) in [7, 11) is 0. The van der Waals surface area contributed by atoms with Crippen LogP contribution in [0.25, 0.3) is 10.8 Å². The molecule has 2 bridgehead atoms. The highest BCUT2D eigenvalue weighted by Crippen LogP contribution is 2.54. The van der Waals surface area contributed by atoms with E-state index in [1.54, 1.807) is 13.8 Å². The lowest BCUT2D eigenvalue weighted by Crippen LogP contribution is -2.51. The number of amides is 3. The molecule has 3 amide bonds. The summed E-state index contributed by atoms with van der Waals surface area (Å²) in [5, 5.41) is 5.33. The third-order valence-corrected chi connectivity index (χ3v) is 10.5. The molecule has 3 aliphatic heterocycles. The average Bonchev–Trinajstić information content (AvgIpc) is 3.54. The number of nitrogens with zero attached hydrogens (tertiary/aromatic N) is 2. The maximum Gasteiger partial charge on any atom is 0.325 e. The minimum Gasteiger partial charge on any atom is -0.363 e. The normalized spacial score (nSPS) is 36.4. The number of benzene rings is 1. The second-order valence-corrected chi connectivity index (χ2v) is 13.4. The lowest BCUT2D eigenvalue weighted by Gasteiger charge is -2.44. The number of aromatic nitrogens is 1. The Morgan fingerprint density at radius 3 is 2.79 bits per heavy atom. The summed E-state index contributed by atoms with van der Waals surface area (Å²) in [6.45, 7) is 6.04. The number of nitrogens with one attached hydrogen (secondary N) is 1. The van der Waals surface area contributed by atoms with Crippen LogP contribution in [-0.2, 0) is 9.53 Å². The van der Waals surface area contributed by atoms with E-state index >= 15 is 0 Å². The molecule has 1 aromatic heterocycles. The number of hydrogen-bond acceptors (Lipinski definition) is 4. The molecule has 5 aliphatic rings. The Bertz CT molecular complexity index is 1430. The number of rotatable bonds is 4. The largest absolute Gasteiger partial charge is 0.363 e. The lowest BCUT2D eigenvalue weighted by molar-refractivity contribution is -0.133. The summed E-state index contributed by atoms with van der Waals surface area (Å²) in [6, 6.07) is 8.65. The zero-order valence-electron chi connectivity index (χ0n) is 23.3. The molecule has 7 rings (SSSR count). The zero-order chi connectivity index (χ0) is 27.0. The molecule has 4 heterocycles. The third-order valence-electron chi connectivity index (χ3n) is 10.5. The number of fused-ring (bicyclic) bond motifs is 2. The number of hydrogen-bond donors (Lipinski definition) is 1. The summed E-state index contributed by atoms with van der Waals surface area (Å²) < 4.78 is 6.81. The fourth-order valence-electron chi connectivity index (χ4n) is 8.27. The van der Waals surface area contributed by atoms with Crippen LogP contribution in [0.1, 0.15) is 90.0 Å². The van der Waals surface area contributed by atoms with Crippen LogP contribution in [0.5, 0.6) is 0 Å². The van der Waals surface area contributed by atoms with Gasteiger partial charge in [-0.1, -0.05) is 37.6 Å².